The number of halogens is 3. The SMILES string of the molecule is CCCCCC(=O)O.ClC(Cl)Cl. The number of carboxylic acids is 1. The highest BCUT2D eigenvalue weighted by Crippen LogP contribution is 2.03. The van der Waals surface area contributed by atoms with E-state index < -0.39 is 10.3 Å². The van der Waals surface area contributed by atoms with E-state index in [-0.39, 0.29) is 0 Å². The van der Waals surface area contributed by atoms with Gasteiger partial charge in [-0.2, -0.15) is 0 Å². The van der Waals surface area contributed by atoms with Crippen LogP contribution in [0, 0.1) is 0 Å². The number of aliphatic carboxylic acids is 1. The number of carboxylic acid groups (broad SMARTS) is 1. The number of hydrogen-bond acceptors (Lipinski definition) is 1. The molecule has 12 heavy (non-hydrogen) atoms. The van der Waals surface area contributed by atoms with Crippen LogP contribution in [-0.4, -0.2) is 15.4 Å². The van der Waals surface area contributed by atoms with Crippen LogP contribution >= 0.6 is 34.8 Å². The molecule has 0 aromatic carbocycles. The summed E-state index contributed by atoms with van der Waals surface area (Å²) in [5.74, 6) is -0.682. The monoisotopic (exact) mass is 234 g/mol. The van der Waals surface area contributed by atoms with E-state index in [0.717, 1.165) is 19.3 Å². The van der Waals surface area contributed by atoms with E-state index in [2.05, 4.69) is 6.92 Å². The second-order valence-corrected chi connectivity index (χ2v) is 4.08. The normalized spacial score (nSPS) is 9.08. The fourth-order valence-electron chi connectivity index (χ4n) is 0.526. The zero-order chi connectivity index (χ0) is 9.98. The molecule has 0 aromatic rings. The van der Waals surface area contributed by atoms with Gasteiger partial charge in [0, 0.05) is 6.42 Å². The Morgan fingerprint density at radius 3 is 2.00 bits per heavy atom. The van der Waals surface area contributed by atoms with E-state index >= 15 is 0 Å². The van der Waals surface area contributed by atoms with Gasteiger partial charge in [-0.15, -0.1) is 0 Å². The van der Waals surface area contributed by atoms with Gasteiger partial charge in [-0.3, -0.25) is 4.79 Å². The lowest BCUT2D eigenvalue weighted by Crippen LogP contribution is -1.92. The van der Waals surface area contributed by atoms with E-state index in [4.69, 9.17) is 39.9 Å². The molecule has 0 heterocycles. The Bertz CT molecular complexity index is 104. The zero-order valence-electron chi connectivity index (χ0n) is 6.90. The van der Waals surface area contributed by atoms with Crippen LogP contribution in [0.1, 0.15) is 32.6 Å². The van der Waals surface area contributed by atoms with Crippen molar-refractivity contribution in [3.05, 3.63) is 0 Å². The minimum Gasteiger partial charge on any atom is -0.481 e. The van der Waals surface area contributed by atoms with E-state index in [1.54, 1.807) is 0 Å². The highest BCUT2D eigenvalue weighted by molar-refractivity contribution is 6.63. The summed E-state index contributed by atoms with van der Waals surface area (Å²) < 4.78 is -0.750. The largest absolute Gasteiger partial charge is 0.481 e. The Balaban J connectivity index is 0. The molecule has 74 valence electrons. The molecule has 0 bridgehead atoms. The Kier molecular flexibility index (Phi) is 14.0. The third-order valence-corrected chi connectivity index (χ3v) is 0.994. The molecular formula is C7H13Cl3O2. The van der Waals surface area contributed by atoms with Crippen LogP contribution in [-0.2, 0) is 4.79 Å². The molecule has 1 N–H and O–H groups in total. The van der Waals surface area contributed by atoms with E-state index in [9.17, 15) is 4.79 Å². The van der Waals surface area contributed by atoms with Crippen LogP contribution in [0.3, 0.4) is 0 Å². The van der Waals surface area contributed by atoms with Crippen molar-refractivity contribution < 1.29 is 9.90 Å². The van der Waals surface area contributed by atoms with E-state index in [1.165, 1.54) is 0 Å². The molecule has 2 nitrogen and oxygen atoms in total. The van der Waals surface area contributed by atoms with Crippen molar-refractivity contribution in [3.8, 4) is 0 Å². The van der Waals surface area contributed by atoms with Crippen LogP contribution in [0.4, 0.5) is 0 Å². The molecule has 0 aliphatic heterocycles. The average Bonchev–Trinajstić information content (AvgIpc) is 1.86. The fraction of sp³-hybridized carbons (Fsp3) is 0.857. The second kappa shape index (κ2) is 11.3. The summed E-state index contributed by atoms with van der Waals surface area (Å²) in [5.41, 5.74) is 0. The molecule has 0 aromatic heterocycles. The summed E-state index contributed by atoms with van der Waals surface area (Å²) in [7, 11) is 0. The minimum absolute atomic E-state index is 0.327. The highest BCUT2D eigenvalue weighted by atomic mass is 35.6. The number of rotatable bonds is 4. The first-order valence-corrected chi connectivity index (χ1v) is 4.95. The Morgan fingerprint density at radius 1 is 1.33 bits per heavy atom. The van der Waals surface area contributed by atoms with Crippen molar-refractivity contribution in [2.24, 2.45) is 0 Å². The van der Waals surface area contributed by atoms with Gasteiger partial charge >= 0.3 is 5.97 Å². The van der Waals surface area contributed by atoms with Crippen molar-refractivity contribution in [2.45, 2.75) is 36.9 Å². The molecule has 0 amide bonds. The van der Waals surface area contributed by atoms with Crippen molar-refractivity contribution in [1.82, 2.24) is 0 Å². The molecule has 0 saturated carbocycles. The Labute approximate surface area is 87.8 Å². The summed E-state index contributed by atoms with van der Waals surface area (Å²) in [5, 5.41) is 8.14. The maximum Gasteiger partial charge on any atom is 0.303 e. The van der Waals surface area contributed by atoms with Gasteiger partial charge in [0.05, 0.1) is 0 Å². The molecule has 0 rings (SSSR count). The molecule has 0 saturated heterocycles. The van der Waals surface area contributed by atoms with Gasteiger partial charge in [-0.25, -0.2) is 0 Å². The van der Waals surface area contributed by atoms with Gasteiger partial charge < -0.3 is 5.11 Å². The van der Waals surface area contributed by atoms with Gasteiger partial charge in [-0.05, 0) is 6.42 Å². The molecular weight excluding hydrogens is 222 g/mol. The first-order valence-electron chi connectivity index (χ1n) is 3.64. The Morgan fingerprint density at radius 2 is 1.75 bits per heavy atom. The predicted molar refractivity (Wildman–Crippen MR) is 53.1 cm³/mol. The van der Waals surface area contributed by atoms with Crippen LogP contribution in [0.2, 0.25) is 0 Å². The van der Waals surface area contributed by atoms with Crippen LogP contribution < -0.4 is 0 Å². The van der Waals surface area contributed by atoms with Crippen molar-refractivity contribution in [1.29, 1.82) is 0 Å². The number of hydrogen-bond donors (Lipinski definition) is 1. The van der Waals surface area contributed by atoms with Gasteiger partial charge in [0.25, 0.3) is 0 Å². The molecule has 0 aliphatic rings. The summed E-state index contributed by atoms with van der Waals surface area (Å²) in [4.78, 5) is 9.87. The first-order chi connectivity index (χ1) is 5.50. The highest BCUT2D eigenvalue weighted by Gasteiger charge is 1.92. The minimum atomic E-state index is -0.750. The second-order valence-electron chi connectivity index (χ2n) is 2.10. The third kappa shape index (κ3) is 31.6. The molecule has 0 unspecified atom stereocenters. The summed E-state index contributed by atoms with van der Waals surface area (Å²) in [6.45, 7) is 2.06. The number of alkyl halides is 3. The topological polar surface area (TPSA) is 37.3 Å². The fourth-order valence-corrected chi connectivity index (χ4v) is 0.526. The van der Waals surface area contributed by atoms with Gasteiger partial charge in [-0.1, -0.05) is 54.6 Å². The summed E-state index contributed by atoms with van der Waals surface area (Å²) >= 11 is 14.4. The van der Waals surface area contributed by atoms with E-state index in [0.29, 0.717) is 6.42 Å². The molecule has 0 radical (unpaired) electrons. The summed E-state index contributed by atoms with van der Waals surface area (Å²) in [6, 6.07) is 0. The lowest BCUT2D eigenvalue weighted by Gasteiger charge is -1.89. The van der Waals surface area contributed by atoms with Crippen molar-refractivity contribution >= 4 is 40.8 Å². The van der Waals surface area contributed by atoms with Crippen LogP contribution in [0.15, 0.2) is 0 Å². The van der Waals surface area contributed by atoms with Crippen LogP contribution in [0.5, 0.6) is 0 Å². The smallest absolute Gasteiger partial charge is 0.303 e. The van der Waals surface area contributed by atoms with E-state index in [1.807, 2.05) is 0 Å². The Hall–Kier alpha value is 0.340. The first kappa shape index (κ1) is 14.8. The average molecular weight is 236 g/mol. The summed E-state index contributed by atoms with van der Waals surface area (Å²) in [6.07, 6.45) is 3.28. The lowest BCUT2D eigenvalue weighted by molar-refractivity contribution is -0.137. The third-order valence-electron chi connectivity index (χ3n) is 0.994. The van der Waals surface area contributed by atoms with Crippen LogP contribution in [0.25, 0.3) is 0 Å². The number of carbonyl (C=O) groups is 1. The predicted octanol–water partition coefficient (Wildman–Crippen LogP) is 3.64. The zero-order valence-corrected chi connectivity index (χ0v) is 9.16. The van der Waals surface area contributed by atoms with Gasteiger partial charge in [0.15, 0.2) is 4.30 Å². The quantitative estimate of drug-likeness (QED) is 0.597. The molecule has 5 heteroatoms. The van der Waals surface area contributed by atoms with Crippen molar-refractivity contribution in [3.63, 3.8) is 0 Å². The van der Waals surface area contributed by atoms with Crippen molar-refractivity contribution in [2.75, 3.05) is 0 Å². The molecule has 0 aliphatic carbocycles. The number of unbranched alkanes of at least 4 members (excludes halogenated alkanes) is 2. The molecule has 0 atom stereocenters. The lowest BCUT2D eigenvalue weighted by atomic mass is 10.2. The standard InChI is InChI=1S/C6H12O2.CHCl3/c1-2-3-4-5-6(7)8;2-1(3)4/h2-5H2,1H3,(H,7,8);1H. The molecule has 0 fully saturated rings. The van der Waals surface area contributed by atoms with Gasteiger partial charge in [0.1, 0.15) is 0 Å². The maximum atomic E-state index is 9.87. The maximum absolute atomic E-state index is 9.87. The molecule has 0 spiro atoms. The van der Waals surface area contributed by atoms with Gasteiger partial charge in [0.2, 0.25) is 0 Å².